The maximum Gasteiger partial charge on any atom is 0.0541 e. The molecular formula is C42H30IN3. The Morgan fingerprint density at radius 1 is 0.478 bits per heavy atom. The molecule has 3 nitrogen and oxygen atoms in total. The van der Waals surface area contributed by atoms with E-state index in [0.717, 1.165) is 35.6 Å². The Kier molecular flexibility index (Phi) is 6.56. The lowest BCUT2D eigenvalue weighted by molar-refractivity contribution is 0.888. The fourth-order valence-corrected chi connectivity index (χ4v) is 7.57. The molecule has 1 aliphatic carbocycles. The van der Waals surface area contributed by atoms with Gasteiger partial charge in [0.2, 0.25) is 0 Å². The summed E-state index contributed by atoms with van der Waals surface area (Å²) in [5, 5.41) is 3.87. The number of aromatic nitrogens is 2. The summed E-state index contributed by atoms with van der Waals surface area (Å²) >= 11 is 2.38. The van der Waals surface area contributed by atoms with E-state index in [2.05, 4.69) is 194 Å². The molecule has 2 aromatic heterocycles. The first-order valence-electron chi connectivity index (χ1n) is 15.8. The second-order valence-electron chi connectivity index (χ2n) is 11.9. The lowest BCUT2D eigenvalue weighted by Gasteiger charge is -2.26. The monoisotopic (exact) mass is 703 g/mol. The van der Waals surface area contributed by atoms with Crippen molar-refractivity contribution in [2.24, 2.45) is 0 Å². The number of para-hydroxylation sites is 3. The SMILES string of the molecule is Ic1ccc(N(c2ccc(-n3c4c(c5ccccc53)C=CCC4)cc2)c2ccc(-n3c4ccccc4c4ccccc43)cc2)cc1. The highest BCUT2D eigenvalue weighted by Gasteiger charge is 2.19. The van der Waals surface area contributed by atoms with Crippen LogP contribution < -0.4 is 4.90 Å². The van der Waals surface area contributed by atoms with Crippen LogP contribution in [0.15, 0.2) is 152 Å². The molecular weight excluding hydrogens is 673 g/mol. The van der Waals surface area contributed by atoms with Crippen LogP contribution in [0.5, 0.6) is 0 Å². The molecule has 0 bridgehead atoms. The smallest absolute Gasteiger partial charge is 0.0541 e. The summed E-state index contributed by atoms with van der Waals surface area (Å²) in [4.78, 5) is 2.35. The molecule has 0 fully saturated rings. The minimum absolute atomic E-state index is 1.05. The fourth-order valence-electron chi connectivity index (χ4n) is 7.21. The van der Waals surface area contributed by atoms with Gasteiger partial charge in [-0.2, -0.15) is 0 Å². The molecule has 9 rings (SSSR count). The van der Waals surface area contributed by atoms with E-state index >= 15 is 0 Å². The largest absolute Gasteiger partial charge is 0.313 e. The van der Waals surface area contributed by atoms with Crippen molar-refractivity contribution in [3.8, 4) is 11.4 Å². The fraction of sp³-hybridized carbons (Fsp3) is 0.0476. The second-order valence-corrected chi connectivity index (χ2v) is 13.1. The molecule has 0 N–H and O–H groups in total. The van der Waals surface area contributed by atoms with Gasteiger partial charge >= 0.3 is 0 Å². The molecule has 46 heavy (non-hydrogen) atoms. The average molecular weight is 704 g/mol. The first-order valence-corrected chi connectivity index (χ1v) is 16.9. The number of halogens is 1. The first kappa shape index (κ1) is 27.3. The van der Waals surface area contributed by atoms with E-state index < -0.39 is 0 Å². The third-order valence-electron chi connectivity index (χ3n) is 9.25. The number of hydrogen-bond donors (Lipinski definition) is 0. The van der Waals surface area contributed by atoms with Crippen LogP contribution in [0.4, 0.5) is 17.1 Å². The minimum atomic E-state index is 1.05. The van der Waals surface area contributed by atoms with Crippen LogP contribution >= 0.6 is 22.6 Å². The Morgan fingerprint density at radius 3 is 1.50 bits per heavy atom. The molecule has 8 aromatic rings. The van der Waals surface area contributed by atoms with Crippen LogP contribution in [0.3, 0.4) is 0 Å². The summed E-state index contributed by atoms with van der Waals surface area (Å²) in [6.07, 6.45) is 6.73. The van der Waals surface area contributed by atoms with E-state index in [1.165, 1.54) is 53.2 Å². The molecule has 0 aliphatic heterocycles. The van der Waals surface area contributed by atoms with Crippen molar-refractivity contribution >= 4 is 78.4 Å². The number of benzene rings is 6. The van der Waals surface area contributed by atoms with Gasteiger partial charge in [-0.1, -0.05) is 66.7 Å². The predicted molar refractivity (Wildman–Crippen MR) is 202 cm³/mol. The normalized spacial score (nSPS) is 12.6. The van der Waals surface area contributed by atoms with Crippen molar-refractivity contribution in [3.63, 3.8) is 0 Å². The Balaban J connectivity index is 1.14. The average Bonchev–Trinajstić information content (AvgIpc) is 3.63. The summed E-state index contributed by atoms with van der Waals surface area (Å²) in [6, 6.07) is 52.9. The van der Waals surface area contributed by atoms with Crippen LogP contribution in [0, 0.1) is 3.57 Å². The Hall–Kier alpha value is -5.07. The van der Waals surface area contributed by atoms with Gasteiger partial charge in [0, 0.05) is 59.4 Å². The molecule has 0 spiro atoms. The lowest BCUT2D eigenvalue weighted by Crippen LogP contribution is -2.10. The molecule has 220 valence electrons. The number of nitrogens with zero attached hydrogens (tertiary/aromatic N) is 3. The van der Waals surface area contributed by atoms with Gasteiger partial charge in [0.25, 0.3) is 0 Å². The lowest BCUT2D eigenvalue weighted by atomic mass is 10.0. The topological polar surface area (TPSA) is 13.1 Å². The number of allylic oxidation sites excluding steroid dienone is 1. The zero-order chi connectivity index (χ0) is 30.6. The van der Waals surface area contributed by atoms with Crippen LogP contribution in [-0.2, 0) is 6.42 Å². The van der Waals surface area contributed by atoms with Gasteiger partial charge < -0.3 is 14.0 Å². The van der Waals surface area contributed by atoms with Crippen LogP contribution in [0.2, 0.25) is 0 Å². The Labute approximate surface area is 281 Å². The summed E-state index contributed by atoms with van der Waals surface area (Å²) in [6.45, 7) is 0. The maximum atomic E-state index is 2.45. The highest BCUT2D eigenvalue weighted by atomic mass is 127. The molecule has 0 radical (unpaired) electrons. The highest BCUT2D eigenvalue weighted by molar-refractivity contribution is 14.1. The molecule has 0 saturated carbocycles. The molecule has 4 heteroatoms. The van der Waals surface area contributed by atoms with Crippen molar-refractivity contribution < 1.29 is 0 Å². The minimum Gasteiger partial charge on any atom is -0.313 e. The van der Waals surface area contributed by atoms with Gasteiger partial charge in [0.1, 0.15) is 0 Å². The molecule has 6 aromatic carbocycles. The molecule has 0 amide bonds. The van der Waals surface area contributed by atoms with Gasteiger partial charge in [-0.15, -0.1) is 0 Å². The zero-order valence-corrected chi connectivity index (χ0v) is 27.3. The third-order valence-corrected chi connectivity index (χ3v) is 9.96. The van der Waals surface area contributed by atoms with E-state index in [-0.39, 0.29) is 0 Å². The number of rotatable bonds is 5. The number of fused-ring (bicyclic) bond motifs is 6. The van der Waals surface area contributed by atoms with Crippen molar-refractivity contribution in [2.75, 3.05) is 4.90 Å². The van der Waals surface area contributed by atoms with Crippen molar-refractivity contribution in [1.29, 1.82) is 0 Å². The van der Waals surface area contributed by atoms with E-state index in [1.807, 2.05) is 0 Å². The first-order chi connectivity index (χ1) is 22.7. The number of anilines is 3. The summed E-state index contributed by atoms with van der Waals surface area (Å²) in [5.74, 6) is 0. The quantitative estimate of drug-likeness (QED) is 0.163. The van der Waals surface area contributed by atoms with Crippen molar-refractivity contribution in [2.45, 2.75) is 12.8 Å². The molecule has 0 atom stereocenters. The van der Waals surface area contributed by atoms with E-state index in [9.17, 15) is 0 Å². The van der Waals surface area contributed by atoms with Crippen LogP contribution in [0.25, 0.3) is 50.2 Å². The van der Waals surface area contributed by atoms with E-state index in [4.69, 9.17) is 0 Å². The van der Waals surface area contributed by atoms with Gasteiger partial charge in [-0.05, 0) is 126 Å². The highest BCUT2D eigenvalue weighted by Crippen LogP contribution is 2.39. The van der Waals surface area contributed by atoms with Gasteiger partial charge in [-0.25, -0.2) is 0 Å². The molecule has 0 saturated heterocycles. The summed E-state index contributed by atoms with van der Waals surface area (Å²) in [7, 11) is 0. The Morgan fingerprint density at radius 2 is 0.935 bits per heavy atom. The second kappa shape index (κ2) is 11.1. The van der Waals surface area contributed by atoms with Crippen molar-refractivity contribution in [1.82, 2.24) is 9.13 Å². The standard InChI is InChI=1S/C42H30IN3/c43-29-17-19-30(20-18-29)44(31-21-25-33(26-22-31)45-39-13-5-1-9-35(39)36-10-2-6-14-40(36)45)32-23-27-34(28-24-32)46-41-15-7-3-11-37(41)38-12-4-8-16-42(38)46/h1-7,9-15,17-28H,8,16H2. The summed E-state index contributed by atoms with van der Waals surface area (Å²) < 4.78 is 6.04. The summed E-state index contributed by atoms with van der Waals surface area (Å²) in [5.41, 5.74) is 12.2. The van der Waals surface area contributed by atoms with Gasteiger partial charge in [0.15, 0.2) is 0 Å². The number of hydrogen-bond acceptors (Lipinski definition) is 1. The van der Waals surface area contributed by atoms with Crippen LogP contribution in [0.1, 0.15) is 17.7 Å². The maximum absolute atomic E-state index is 2.45. The Bertz CT molecular complexity index is 2360. The molecule has 1 aliphatic rings. The van der Waals surface area contributed by atoms with Crippen molar-refractivity contribution in [3.05, 3.63) is 166 Å². The van der Waals surface area contributed by atoms with E-state index in [1.54, 1.807) is 0 Å². The molecule has 0 unspecified atom stereocenters. The van der Waals surface area contributed by atoms with Gasteiger partial charge in [-0.3, -0.25) is 0 Å². The third kappa shape index (κ3) is 4.39. The molecule has 2 heterocycles. The van der Waals surface area contributed by atoms with E-state index in [0.29, 0.717) is 0 Å². The zero-order valence-electron chi connectivity index (χ0n) is 25.1. The van der Waals surface area contributed by atoms with Crippen LogP contribution in [-0.4, -0.2) is 9.13 Å². The van der Waals surface area contributed by atoms with Gasteiger partial charge in [0.05, 0.1) is 16.6 Å². The predicted octanol–water partition coefficient (Wildman–Crippen LogP) is 11.8.